The van der Waals surface area contributed by atoms with Gasteiger partial charge in [-0.25, -0.2) is 0 Å². The molecule has 16 bridgehead atoms. The van der Waals surface area contributed by atoms with Crippen molar-refractivity contribution in [3.63, 3.8) is 0 Å². The third-order valence-electron chi connectivity index (χ3n) is 21.6. The molecular weight excluding hydrogens is 638 g/mol. The molecule has 0 radical (unpaired) electrons. The number of rotatable bonds is 8. The van der Waals surface area contributed by atoms with Crippen LogP contribution in [0.4, 0.5) is 0 Å². The number of hydrogen-bond donors (Lipinski definition) is 0. The predicted molar refractivity (Wildman–Crippen MR) is 213 cm³/mol. The zero-order valence-corrected chi connectivity index (χ0v) is 34.2. The fraction of sp³-hybridized carbons (Fsp3) is 1.00. The molecule has 17 aliphatic rings. The van der Waals surface area contributed by atoms with Crippen LogP contribution in [0.3, 0.4) is 0 Å². The van der Waals surface area contributed by atoms with Gasteiger partial charge in [0.05, 0.1) is 0 Å². The SMILES string of the molecule is CC1CCCC1(CP(C12CC3CC(CC(C3)C1)C2)C12CC3CC(CC(C3)C1)C2)CP(C12CC3CC(CC(C3)C1)C2)C12CC3CC(CC(C3)C1)C2. The van der Waals surface area contributed by atoms with Gasteiger partial charge in [0.2, 0.25) is 0 Å². The van der Waals surface area contributed by atoms with Crippen LogP contribution < -0.4 is 0 Å². The summed E-state index contributed by atoms with van der Waals surface area (Å²) in [7, 11) is 0.237. The Morgan fingerprint density at radius 2 is 0.580 bits per heavy atom. The van der Waals surface area contributed by atoms with Crippen molar-refractivity contribution in [2.75, 3.05) is 12.3 Å². The molecule has 0 saturated heterocycles. The summed E-state index contributed by atoms with van der Waals surface area (Å²) in [6.07, 6.45) is 49.2. The van der Waals surface area contributed by atoms with Crippen LogP contribution in [-0.4, -0.2) is 32.9 Å². The number of hydrogen-bond acceptors (Lipinski definition) is 0. The van der Waals surface area contributed by atoms with Crippen LogP contribution in [0.1, 0.15) is 180 Å². The van der Waals surface area contributed by atoms with Crippen molar-refractivity contribution in [3.8, 4) is 0 Å². The molecule has 0 aromatic heterocycles. The summed E-state index contributed by atoms with van der Waals surface area (Å²) in [5.74, 6) is 14.8. The summed E-state index contributed by atoms with van der Waals surface area (Å²) in [5, 5.41) is 3.31. The van der Waals surface area contributed by atoms with E-state index in [4.69, 9.17) is 0 Å². The van der Waals surface area contributed by atoms with Gasteiger partial charge in [-0.15, -0.1) is 0 Å². The second-order valence-electron chi connectivity index (χ2n) is 24.9. The average molecular weight is 713 g/mol. The summed E-state index contributed by atoms with van der Waals surface area (Å²) in [4.78, 5) is 0. The normalized spacial score (nSPS) is 62.9. The van der Waals surface area contributed by atoms with Gasteiger partial charge in [0.25, 0.3) is 0 Å². The Bertz CT molecular complexity index is 1060. The molecule has 0 aromatic rings. The minimum Gasteiger partial charge on any atom is -0.0933 e. The van der Waals surface area contributed by atoms with Gasteiger partial charge in [0, 0.05) is 0 Å². The second kappa shape index (κ2) is 10.8. The minimum atomic E-state index is 0.118. The van der Waals surface area contributed by atoms with E-state index in [0.29, 0.717) is 0 Å². The molecule has 0 spiro atoms. The molecule has 0 nitrogen and oxygen atoms in total. The van der Waals surface area contributed by atoms with E-state index in [1.807, 2.05) is 12.3 Å². The van der Waals surface area contributed by atoms with Crippen LogP contribution in [0.5, 0.6) is 0 Å². The van der Waals surface area contributed by atoms with Gasteiger partial charge >= 0.3 is 0 Å². The van der Waals surface area contributed by atoms with Crippen LogP contribution in [-0.2, 0) is 0 Å². The highest BCUT2D eigenvalue weighted by molar-refractivity contribution is 7.62. The predicted octanol–water partition coefficient (Wildman–Crippen LogP) is 13.6. The van der Waals surface area contributed by atoms with E-state index in [-0.39, 0.29) is 15.8 Å². The van der Waals surface area contributed by atoms with Gasteiger partial charge in [-0.2, -0.15) is 0 Å². The van der Waals surface area contributed by atoms with Crippen LogP contribution >= 0.6 is 15.8 Å². The van der Waals surface area contributed by atoms with E-state index in [0.717, 1.165) is 103 Å². The molecule has 0 aliphatic heterocycles. The smallest absolute Gasteiger partial charge is 0.00813 e. The van der Waals surface area contributed by atoms with Crippen molar-refractivity contribution in [2.45, 2.75) is 201 Å². The Morgan fingerprint density at radius 1 is 0.360 bits per heavy atom. The zero-order chi connectivity index (χ0) is 32.7. The zero-order valence-electron chi connectivity index (χ0n) is 32.4. The van der Waals surface area contributed by atoms with E-state index >= 15 is 0 Å². The molecular formula is C48H74P2. The largest absolute Gasteiger partial charge is 0.0933 e. The summed E-state index contributed by atoms with van der Waals surface area (Å²) >= 11 is 0. The van der Waals surface area contributed by atoms with Crippen molar-refractivity contribution in [3.05, 3.63) is 0 Å². The van der Waals surface area contributed by atoms with Crippen LogP contribution in [0, 0.1) is 82.3 Å². The highest BCUT2D eigenvalue weighted by atomic mass is 31.1. The molecule has 17 saturated carbocycles. The molecule has 50 heavy (non-hydrogen) atoms. The molecule has 0 heterocycles. The summed E-state index contributed by atoms with van der Waals surface area (Å²) < 4.78 is 0. The molecule has 1 atom stereocenters. The Morgan fingerprint density at radius 3 is 0.760 bits per heavy atom. The van der Waals surface area contributed by atoms with E-state index in [9.17, 15) is 0 Å². The van der Waals surface area contributed by atoms with Gasteiger partial charge < -0.3 is 0 Å². The topological polar surface area (TPSA) is 0 Å². The first-order valence-electron chi connectivity index (χ1n) is 23.8. The Kier molecular flexibility index (Phi) is 6.93. The van der Waals surface area contributed by atoms with Gasteiger partial charge in [-0.1, -0.05) is 35.6 Å². The summed E-state index contributed by atoms with van der Waals surface area (Å²) in [5.41, 5.74) is 0.733. The standard InChI is InChI=1S/C48H74P2/c1-31-3-2-4-44(31,29-49(45-17-32-5-33(18-45)7-34(6-32)19-45)46-20-35-8-36(21-46)10-37(9-35)22-46)30-50(47-23-38-11-39(24-47)13-40(12-38)25-47)48-26-41-14-42(27-48)16-43(15-41)28-48/h31-43H,2-30H2,1H3. The molecule has 0 amide bonds. The molecule has 0 aromatic carbocycles. The fourth-order valence-electron chi connectivity index (χ4n) is 21.7. The van der Waals surface area contributed by atoms with Gasteiger partial charge in [0.15, 0.2) is 0 Å². The van der Waals surface area contributed by atoms with Crippen LogP contribution in [0.25, 0.3) is 0 Å². The van der Waals surface area contributed by atoms with Crippen molar-refractivity contribution < 1.29 is 0 Å². The lowest BCUT2D eigenvalue weighted by Gasteiger charge is -2.70. The van der Waals surface area contributed by atoms with Crippen molar-refractivity contribution in [2.24, 2.45) is 82.3 Å². The van der Waals surface area contributed by atoms with E-state index in [1.54, 1.807) is 173 Å². The summed E-state index contributed by atoms with van der Waals surface area (Å²) in [6, 6.07) is 0. The molecule has 17 aliphatic carbocycles. The molecule has 1 unspecified atom stereocenters. The maximum absolute atomic E-state index is 2.91. The van der Waals surface area contributed by atoms with Crippen LogP contribution in [0.2, 0.25) is 0 Å². The lowest BCUT2D eigenvalue weighted by Crippen LogP contribution is -2.59. The first-order chi connectivity index (χ1) is 24.2. The van der Waals surface area contributed by atoms with E-state index in [2.05, 4.69) is 6.92 Å². The Hall–Kier alpha value is 0.860. The van der Waals surface area contributed by atoms with E-state index < -0.39 is 0 Å². The van der Waals surface area contributed by atoms with Crippen molar-refractivity contribution in [1.29, 1.82) is 0 Å². The average Bonchev–Trinajstić information content (AvgIpc) is 3.39. The van der Waals surface area contributed by atoms with E-state index in [1.165, 1.54) is 0 Å². The second-order valence-corrected chi connectivity index (χ2v) is 31.0. The first-order valence-corrected chi connectivity index (χ1v) is 26.9. The van der Waals surface area contributed by atoms with Gasteiger partial charge in [0.1, 0.15) is 0 Å². The third kappa shape index (κ3) is 4.61. The molecule has 17 fully saturated rings. The summed E-state index contributed by atoms with van der Waals surface area (Å²) in [6.45, 7) is 2.91. The molecule has 17 rings (SSSR count). The third-order valence-corrected chi connectivity index (χ3v) is 30.3. The molecule has 0 N–H and O–H groups in total. The van der Waals surface area contributed by atoms with Crippen molar-refractivity contribution in [1.82, 2.24) is 0 Å². The quantitative estimate of drug-likeness (QED) is 0.220. The fourth-order valence-corrected chi connectivity index (χ4v) is 33.4. The highest BCUT2D eigenvalue weighted by Gasteiger charge is 2.67. The maximum Gasteiger partial charge on any atom is -0.00813 e. The van der Waals surface area contributed by atoms with Crippen molar-refractivity contribution >= 4 is 15.8 Å². The minimum absolute atomic E-state index is 0.118. The van der Waals surface area contributed by atoms with Gasteiger partial charge in [-0.3, -0.25) is 0 Å². The highest BCUT2D eigenvalue weighted by Crippen LogP contribution is 2.84. The molecule has 276 valence electrons. The Labute approximate surface area is 310 Å². The Balaban J connectivity index is 0.933. The molecule has 2 heteroatoms. The maximum atomic E-state index is 2.91. The lowest BCUT2D eigenvalue weighted by molar-refractivity contribution is 0.0166. The first kappa shape index (κ1) is 32.0. The monoisotopic (exact) mass is 713 g/mol. The lowest BCUT2D eigenvalue weighted by atomic mass is 9.55. The van der Waals surface area contributed by atoms with Crippen LogP contribution in [0.15, 0.2) is 0 Å². The van der Waals surface area contributed by atoms with Gasteiger partial charge in [-0.05, 0) is 276 Å².